The molecule has 1 fully saturated rings. The van der Waals surface area contributed by atoms with Crippen LogP contribution in [0.4, 0.5) is 0 Å². The van der Waals surface area contributed by atoms with Crippen LogP contribution in [0.15, 0.2) is 24.2 Å². The third kappa shape index (κ3) is 5.85. The molecule has 1 unspecified atom stereocenters. The summed E-state index contributed by atoms with van der Waals surface area (Å²) in [7, 11) is -2.28. The minimum absolute atomic E-state index is 0.646. The van der Waals surface area contributed by atoms with E-state index in [-0.39, 0.29) is 0 Å². The zero-order valence-electron chi connectivity index (χ0n) is 14.2. The summed E-state index contributed by atoms with van der Waals surface area (Å²) < 4.78 is 23.7. The maximum atomic E-state index is 6.18. The van der Waals surface area contributed by atoms with E-state index >= 15 is 0 Å². The first kappa shape index (κ1) is 18.3. The summed E-state index contributed by atoms with van der Waals surface area (Å²) in [6.07, 6.45) is 4.68. The summed E-state index contributed by atoms with van der Waals surface area (Å²) in [6, 6.07) is 0.922. The van der Waals surface area contributed by atoms with E-state index < -0.39 is 14.3 Å². The van der Waals surface area contributed by atoms with Crippen LogP contribution in [0.2, 0.25) is 12.6 Å². The Kier molecular flexibility index (Phi) is 6.97. The molecule has 0 aromatic rings. The zero-order chi connectivity index (χ0) is 15.9. The molecule has 21 heavy (non-hydrogen) atoms. The fourth-order valence-corrected chi connectivity index (χ4v) is 5.24. The molecule has 5 heteroatoms. The lowest BCUT2D eigenvalue weighted by molar-refractivity contribution is -0.238. The highest BCUT2D eigenvalue weighted by molar-refractivity contribution is 6.66. The molecular weight excluding hydrogens is 284 g/mol. The van der Waals surface area contributed by atoms with Crippen molar-refractivity contribution in [2.75, 3.05) is 13.2 Å². The second kappa shape index (κ2) is 8.01. The van der Waals surface area contributed by atoms with E-state index in [9.17, 15) is 0 Å². The summed E-state index contributed by atoms with van der Waals surface area (Å²) in [5.41, 5.74) is 0. The average Bonchev–Trinajstić information content (AvgIpc) is 2.38. The summed E-state index contributed by atoms with van der Waals surface area (Å²) in [5, 5.41) is 0. The molecule has 1 aliphatic heterocycles. The summed E-state index contributed by atoms with van der Waals surface area (Å²) >= 11 is 0. The van der Waals surface area contributed by atoms with Gasteiger partial charge in [-0.05, 0) is 20.3 Å². The van der Waals surface area contributed by atoms with Crippen molar-refractivity contribution in [1.29, 1.82) is 0 Å². The van der Waals surface area contributed by atoms with Gasteiger partial charge in [-0.3, -0.25) is 0 Å². The smallest absolute Gasteiger partial charge is 0.456 e. The fourth-order valence-electron chi connectivity index (χ4n) is 2.61. The van der Waals surface area contributed by atoms with Gasteiger partial charge in [0.05, 0.1) is 24.7 Å². The Morgan fingerprint density at radius 3 is 2.33 bits per heavy atom. The normalized spacial score (nSPS) is 21.5. The predicted molar refractivity (Wildman–Crippen MR) is 87.0 cm³/mol. The van der Waals surface area contributed by atoms with Crippen molar-refractivity contribution in [2.45, 2.75) is 65.3 Å². The van der Waals surface area contributed by atoms with Gasteiger partial charge in [-0.2, -0.15) is 0 Å². The van der Waals surface area contributed by atoms with Crippen LogP contribution in [-0.2, 0) is 18.3 Å². The van der Waals surface area contributed by atoms with E-state index in [1.54, 1.807) is 0 Å². The second-order valence-electron chi connectivity index (χ2n) is 5.76. The minimum Gasteiger partial charge on any atom is -0.517 e. The van der Waals surface area contributed by atoms with Gasteiger partial charge in [0.25, 0.3) is 0 Å². The van der Waals surface area contributed by atoms with Gasteiger partial charge in [0.15, 0.2) is 5.79 Å². The topological polar surface area (TPSA) is 36.9 Å². The molecule has 1 aliphatic rings. The Bertz CT molecular complexity index is 374. The quantitative estimate of drug-likeness (QED) is 0.489. The first-order valence-corrected chi connectivity index (χ1v) is 10.4. The van der Waals surface area contributed by atoms with Gasteiger partial charge in [0.2, 0.25) is 0 Å². The van der Waals surface area contributed by atoms with Gasteiger partial charge < -0.3 is 18.3 Å². The predicted octanol–water partition coefficient (Wildman–Crippen LogP) is 4.48. The SMILES string of the molecule is C=C(C)O[Si](C)(CCC)O/C(C)=C/C1(CC)OCCCO1. The summed E-state index contributed by atoms with van der Waals surface area (Å²) in [6.45, 7) is 15.4. The highest BCUT2D eigenvalue weighted by Crippen LogP contribution is 2.28. The van der Waals surface area contributed by atoms with Crippen molar-refractivity contribution in [3.05, 3.63) is 24.2 Å². The van der Waals surface area contributed by atoms with Crippen LogP contribution >= 0.6 is 0 Å². The van der Waals surface area contributed by atoms with Crippen molar-refractivity contribution in [1.82, 2.24) is 0 Å². The molecule has 0 bridgehead atoms. The molecule has 1 atom stereocenters. The third-order valence-corrected chi connectivity index (χ3v) is 6.31. The van der Waals surface area contributed by atoms with Crippen LogP contribution in [0.25, 0.3) is 0 Å². The number of allylic oxidation sites excluding steroid dienone is 2. The molecular formula is C16H30O4Si. The van der Waals surface area contributed by atoms with E-state index in [1.165, 1.54) is 0 Å². The molecule has 0 aromatic heterocycles. The van der Waals surface area contributed by atoms with Gasteiger partial charge in [0, 0.05) is 25.1 Å². The van der Waals surface area contributed by atoms with Crippen LogP contribution in [-0.4, -0.2) is 27.6 Å². The molecule has 0 saturated carbocycles. The summed E-state index contributed by atoms with van der Waals surface area (Å²) in [5.74, 6) is 0.871. The van der Waals surface area contributed by atoms with Crippen LogP contribution in [0, 0.1) is 0 Å². The number of hydrogen-bond acceptors (Lipinski definition) is 4. The van der Waals surface area contributed by atoms with E-state index in [1.807, 2.05) is 19.9 Å². The van der Waals surface area contributed by atoms with Crippen molar-refractivity contribution in [3.63, 3.8) is 0 Å². The zero-order valence-corrected chi connectivity index (χ0v) is 15.2. The van der Waals surface area contributed by atoms with Gasteiger partial charge in [-0.25, -0.2) is 0 Å². The van der Waals surface area contributed by atoms with Crippen molar-refractivity contribution >= 4 is 8.56 Å². The molecule has 0 spiro atoms. The monoisotopic (exact) mass is 314 g/mol. The van der Waals surface area contributed by atoms with Crippen LogP contribution in [0.1, 0.15) is 47.0 Å². The van der Waals surface area contributed by atoms with Crippen LogP contribution in [0.3, 0.4) is 0 Å². The Balaban J connectivity index is 2.81. The molecule has 0 aliphatic carbocycles. The van der Waals surface area contributed by atoms with Gasteiger partial charge in [0.1, 0.15) is 0 Å². The standard InChI is InChI=1S/C16H30O4Si/c1-7-12-21(6,19-14(3)4)20-15(5)13-16(8-2)17-10-9-11-18-16/h13H,3,7-12H2,1-2,4-6H3/b15-13+. The Labute approximate surface area is 130 Å². The van der Waals surface area contributed by atoms with Crippen molar-refractivity contribution in [2.24, 2.45) is 0 Å². The first-order valence-electron chi connectivity index (χ1n) is 7.85. The second-order valence-corrected chi connectivity index (χ2v) is 8.94. The Morgan fingerprint density at radius 1 is 1.24 bits per heavy atom. The average molecular weight is 314 g/mol. The highest BCUT2D eigenvalue weighted by atomic mass is 28.4. The van der Waals surface area contributed by atoms with E-state index in [2.05, 4.69) is 27.0 Å². The van der Waals surface area contributed by atoms with E-state index in [4.69, 9.17) is 18.3 Å². The highest BCUT2D eigenvalue weighted by Gasteiger charge is 2.36. The molecule has 1 rings (SSSR count). The maximum absolute atomic E-state index is 6.18. The molecule has 0 radical (unpaired) electrons. The van der Waals surface area contributed by atoms with Gasteiger partial charge in [-0.1, -0.05) is 26.8 Å². The van der Waals surface area contributed by atoms with E-state index in [0.717, 1.165) is 44.3 Å². The van der Waals surface area contributed by atoms with Gasteiger partial charge >= 0.3 is 8.56 Å². The van der Waals surface area contributed by atoms with Crippen LogP contribution < -0.4 is 0 Å². The lowest BCUT2D eigenvalue weighted by atomic mass is 10.1. The largest absolute Gasteiger partial charge is 0.517 e. The lowest BCUT2D eigenvalue weighted by Gasteiger charge is -2.35. The summed E-state index contributed by atoms with van der Waals surface area (Å²) in [4.78, 5) is 0. The molecule has 1 saturated heterocycles. The van der Waals surface area contributed by atoms with Crippen molar-refractivity contribution < 1.29 is 18.3 Å². The number of rotatable bonds is 8. The number of hydrogen-bond donors (Lipinski definition) is 0. The third-order valence-electron chi connectivity index (χ3n) is 3.37. The maximum Gasteiger partial charge on any atom is 0.456 e. The lowest BCUT2D eigenvalue weighted by Crippen LogP contribution is -2.40. The number of ether oxygens (including phenoxy) is 2. The fraction of sp³-hybridized carbons (Fsp3) is 0.750. The molecule has 0 N–H and O–H groups in total. The van der Waals surface area contributed by atoms with E-state index in [0.29, 0.717) is 5.76 Å². The van der Waals surface area contributed by atoms with Crippen molar-refractivity contribution in [3.8, 4) is 0 Å². The molecule has 0 amide bonds. The first-order chi connectivity index (χ1) is 9.85. The minimum atomic E-state index is -2.28. The molecule has 0 aromatic carbocycles. The van der Waals surface area contributed by atoms with Crippen LogP contribution in [0.5, 0.6) is 0 Å². The molecule has 1 heterocycles. The Hall–Kier alpha value is -0.783. The van der Waals surface area contributed by atoms with Gasteiger partial charge in [-0.15, -0.1) is 0 Å². The molecule has 122 valence electrons. The Morgan fingerprint density at radius 2 is 1.86 bits per heavy atom. The molecule has 4 nitrogen and oxygen atoms in total.